The van der Waals surface area contributed by atoms with E-state index in [1.54, 1.807) is 0 Å². The number of carbonyl (C=O) groups excluding carboxylic acids is 3. The number of methoxy groups -OCH3 is 1. The number of esters is 1. The van der Waals surface area contributed by atoms with Crippen molar-refractivity contribution in [3.8, 4) is 0 Å². The molecule has 0 aromatic heterocycles. The molecule has 3 atom stereocenters. The third kappa shape index (κ3) is 3.67. The molecule has 2 aliphatic heterocycles. The first-order valence-electron chi connectivity index (χ1n) is 10.4. The molecule has 0 aliphatic carbocycles. The van der Waals surface area contributed by atoms with Crippen molar-refractivity contribution in [2.24, 2.45) is 0 Å². The van der Waals surface area contributed by atoms with E-state index in [1.807, 2.05) is 74.5 Å². The van der Waals surface area contributed by atoms with Crippen LogP contribution in [0.3, 0.4) is 0 Å². The number of hydrogen-bond acceptors (Lipinski definition) is 6. The van der Waals surface area contributed by atoms with Gasteiger partial charge in [-0.25, -0.2) is 4.79 Å². The molecule has 2 heterocycles. The molecule has 8 heteroatoms. The van der Waals surface area contributed by atoms with E-state index in [-0.39, 0.29) is 24.8 Å². The van der Waals surface area contributed by atoms with Crippen LogP contribution >= 0.6 is 11.8 Å². The summed E-state index contributed by atoms with van der Waals surface area (Å²) in [4.78, 5) is 40.3. The molecule has 0 saturated carbocycles. The number of nitrogens with zero attached hydrogens (tertiary/aromatic N) is 1. The van der Waals surface area contributed by atoms with Gasteiger partial charge in [-0.15, -0.1) is 11.8 Å². The Hall–Kier alpha value is -2.84. The lowest BCUT2D eigenvalue weighted by atomic mass is 9.91. The molecule has 2 aromatic carbocycles. The summed E-state index contributed by atoms with van der Waals surface area (Å²) in [5, 5.41) is 2.41. The molecular weight excluding hydrogens is 428 g/mol. The number of rotatable bonds is 7. The van der Waals surface area contributed by atoms with Crippen LogP contribution in [0.2, 0.25) is 0 Å². The van der Waals surface area contributed by atoms with Gasteiger partial charge in [0.2, 0.25) is 5.91 Å². The molecule has 2 aromatic rings. The summed E-state index contributed by atoms with van der Waals surface area (Å²) in [6.45, 7) is 3.77. The first-order chi connectivity index (χ1) is 15.3. The van der Waals surface area contributed by atoms with Crippen LogP contribution in [0.15, 0.2) is 60.7 Å². The maximum absolute atomic E-state index is 13.3. The van der Waals surface area contributed by atoms with Gasteiger partial charge < -0.3 is 14.8 Å². The number of benzene rings is 2. The van der Waals surface area contributed by atoms with Gasteiger partial charge in [-0.2, -0.15) is 0 Å². The SMILES string of the molecule is CO[C@@]1(C(=O)OCc2ccccc2)N2C(=O)[C@@H](NC(=O)Cc3ccccc3)[C@H]2SC1(C)C. The van der Waals surface area contributed by atoms with Crippen LogP contribution in [0.4, 0.5) is 0 Å². The van der Waals surface area contributed by atoms with Crippen molar-refractivity contribution in [1.29, 1.82) is 0 Å². The largest absolute Gasteiger partial charge is 0.457 e. The van der Waals surface area contributed by atoms with Gasteiger partial charge in [0.15, 0.2) is 0 Å². The van der Waals surface area contributed by atoms with Crippen LogP contribution in [-0.4, -0.2) is 51.7 Å². The Kier molecular flexibility index (Phi) is 6.01. The topological polar surface area (TPSA) is 84.9 Å². The van der Waals surface area contributed by atoms with Crippen LogP contribution in [-0.2, 0) is 36.9 Å². The Balaban J connectivity index is 1.48. The zero-order valence-electron chi connectivity index (χ0n) is 18.2. The lowest BCUT2D eigenvalue weighted by Crippen LogP contribution is -2.76. The molecule has 168 valence electrons. The molecule has 0 bridgehead atoms. The normalized spacial score (nSPS) is 25.6. The van der Waals surface area contributed by atoms with Gasteiger partial charge in [0.25, 0.3) is 11.6 Å². The van der Waals surface area contributed by atoms with Gasteiger partial charge in [0.05, 0.1) is 11.2 Å². The van der Waals surface area contributed by atoms with Gasteiger partial charge >= 0.3 is 5.97 Å². The van der Waals surface area contributed by atoms with Crippen molar-refractivity contribution in [3.63, 3.8) is 0 Å². The highest BCUT2D eigenvalue weighted by Gasteiger charge is 2.74. The third-order valence-corrected chi connectivity index (χ3v) is 7.51. The number of hydrogen-bond donors (Lipinski definition) is 1. The van der Waals surface area contributed by atoms with E-state index in [9.17, 15) is 14.4 Å². The number of thioether (sulfide) groups is 1. The molecule has 2 saturated heterocycles. The van der Waals surface area contributed by atoms with Crippen LogP contribution in [0.25, 0.3) is 0 Å². The quantitative estimate of drug-likeness (QED) is 0.511. The minimum absolute atomic E-state index is 0.0788. The standard InChI is InChI=1S/C24H26N2O5S/c1-23(2)24(30-3,22(29)31-15-17-12-8-5-9-13-17)26-20(28)19(21(26)32-23)25-18(27)14-16-10-6-4-7-11-16/h4-13,19,21H,14-15H2,1-3H3,(H,25,27)/t19-,21-,24-/m1/s1. The summed E-state index contributed by atoms with van der Waals surface area (Å²) >= 11 is 1.42. The molecule has 2 fully saturated rings. The molecule has 4 rings (SSSR count). The third-order valence-electron chi connectivity index (χ3n) is 5.92. The molecular formula is C24H26N2O5S. The second-order valence-corrected chi connectivity index (χ2v) is 10.1. The predicted molar refractivity (Wildman–Crippen MR) is 120 cm³/mol. The fraction of sp³-hybridized carbons (Fsp3) is 0.375. The number of ether oxygens (including phenoxy) is 2. The van der Waals surface area contributed by atoms with Crippen molar-refractivity contribution in [1.82, 2.24) is 10.2 Å². The van der Waals surface area contributed by atoms with E-state index < -0.39 is 27.9 Å². The highest BCUT2D eigenvalue weighted by atomic mass is 32.2. The van der Waals surface area contributed by atoms with Gasteiger partial charge in [0, 0.05) is 7.11 Å². The smallest absolute Gasteiger partial charge is 0.361 e. The Morgan fingerprint density at radius 1 is 1.03 bits per heavy atom. The minimum Gasteiger partial charge on any atom is -0.457 e. The molecule has 2 aliphatic rings. The predicted octanol–water partition coefficient (Wildman–Crippen LogP) is 2.49. The van der Waals surface area contributed by atoms with E-state index in [0.717, 1.165) is 11.1 Å². The highest BCUT2D eigenvalue weighted by molar-refractivity contribution is 8.01. The fourth-order valence-corrected chi connectivity index (χ4v) is 6.03. The molecule has 2 amide bonds. The van der Waals surface area contributed by atoms with Crippen LogP contribution in [0, 0.1) is 0 Å². The van der Waals surface area contributed by atoms with E-state index >= 15 is 0 Å². The summed E-state index contributed by atoms with van der Waals surface area (Å²) in [7, 11) is 1.41. The lowest BCUT2D eigenvalue weighted by Gasteiger charge is -2.49. The summed E-state index contributed by atoms with van der Waals surface area (Å²) in [5.41, 5.74) is 0.131. The maximum Gasteiger partial charge on any atom is 0.361 e. The summed E-state index contributed by atoms with van der Waals surface area (Å²) in [5.74, 6) is -1.21. The number of fused-ring (bicyclic) bond motifs is 1. The average molecular weight is 455 g/mol. The van der Waals surface area contributed by atoms with E-state index in [1.165, 1.54) is 23.8 Å². The number of nitrogens with one attached hydrogen (secondary N) is 1. The molecule has 0 radical (unpaired) electrons. The van der Waals surface area contributed by atoms with E-state index in [0.29, 0.717) is 0 Å². The zero-order valence-corrected chi connectivity index (χ0v) is 19.1. The second kappa shape index (κ2) is 8.60. The van der Waals surface area contributed by atoms with Crippen molar-refractivity contribution in [2.75, 3.05) is 7.11 Å². The second-order valence-electron chi connectivity index (χ2n) is 8.34. The lowest BCUT2D eigenvalue weighted by molar-refractivity contribution is -0.216. The van der Waals surface area contributed by atoms with Crippen LogP contribution in [0.5, 0.6) is 0 Å². The molecule has 7 nitrogen and oxygen atoms in total. The Morgan fingerprint density at radius 3 is 2.22 bits per heavy atom. The summed E-state index contributed by atoms with van der Waals surface area (Å²) < 4.78 is 10.5. The number of carbonyl (C=O) groups is 3. The average Bonchev–Trinajstić information content (AvgIpc) is 3.01. The Morgan fingerprint density at radius 2 is 1.62 bits per heavy atom. The summed E-state index contributed by atoms with van der Waals surface area (Å²) in [6.07, 6.45) is 0.180. The van der Waals surface area contributed by atoms with Gasteiger partial charge in [0.1, 0.15) is 18.0 Å². The molecule has 0 spiro atoms. The number of β-lactam (4-membered cyclic amide) rings is 1. The number of amides is 2. The van der Waals surface area contributed by atoms with Crippen molar-refractivity contribution < 1.29 is 23.9 Å². The van der Waals surface area contributed by atoms with Gasteiger partial charge in [-0.05, 0) is 25.0 Å². The monoisotopic (exact) mass is 454 g/mol. The fourth-order valence-electron chi connectivity index (χ4n) is 4.32. The highest BCUT2D eigenvalue weighted by Crippen LogP contribution is 2.57. The van der Waals surface area contributed by atoms with Crippen molar-refractivity contribution in [3.05, 3.63) is 71.8 Å². The zero-order chi connectivity index (χ0) is 22.9. The first kappa shape index (κ1) is 22.4. The summed E-state index contributed by atoms with van der Waals surface area (Å²) in [6, 6.07) is 17.9. The first-order valence-corrected chi connectivity index (χ1v) is 11.3. The van der Waals surface area contributed by atoms with Crippen molar-refractivity contribution in [2.45, 2.75) is 48.8 Å². The van der Waals surface area contributed by atoms with E-state index in [2.05, 4.69) is 5.32 Å². The van der Waals surface area contributed by atoms with Crippen LogP contribution < -0.4 is 5.32 Å². The Bertz CT molecular complexity index is 1010. The minimum atomic E-state index is -1.57. The van der Waals surface area contributed by atoms with Gasteiger partial charge in [-0.1, -0.05) is 60.7 Å². The Labute approximate surface area is 191 Å². The molecule has 32 heavy (non-hydrogen) atoms. The maximum atomic E-state index is 13.3. The van der Waals surface area contributed by atoms with Crippen LogP contribution in [0.1, 0.15) is 25.0 Å². The molecule has 1 N–H and O–H groups in total. The van der Waals surface area contributed by atoms with E-state index in [4.69, 9.17) is 9.47 Å². The molecule has 0 unspecified atom stereocenters. The van der Waals surface area contributed by atoms with Gasteiger partial charge in [-0.3, -0.25) is 14.5 Å². The van der Waals surface area contributed by atoms with Crippen molar-refractivity contribution >= 4 is 29.5 Å².